The maximum absolute atomic E-state index is 3.79. The average molecular weight is 120 g/mol. The zero-order chi connectivity index (χ0) is 4.41. The number of hydrogen-bond acceptors (Lipinski definition) is 1. The Kier molecular flexibility index (Phi) is 4.36. The van der Waals surface area contributed by atoms with Gasteiger partial charge >= 0.3 is 51.4 Å². The van der Waals surface area contributed by atoms with E-state index in [2.05, 4.69) is 10.2 Å². The van der Waals surface area contributed by atoms with Crippen molar-refractivity contribution in [2.45, 2.75) is 0 Å². The first-order valence-corrected chi connectivity index (χ1v) is 1.86. The number of H-pyrrole nitrogens is 1. The van der Waals surface area contributed by atoms with Crippen molar-refractivity contribution in [1.29, 1.82) is 0 Å². The maximum atomic E-state index is 3.79. The van der Waals surface area contributed by atoms with Crippen molar-refractivity contribution in [2.24, 2.45) is 0 Å². The van der Waals surface area contributed by atoms with Crippen LogP contribution in [0, 0.1) is 0 Å². The van der Waals surface area contributed by atoms with E-state index in [1.54, 1.807) is 6.20 Å². The summed E-state index contributed by atoms with van der Waals surface area (Å²) in [6, 6.07) is 1.92. The van der Waals surface area contributed by atoms with Crippen LogP contribution in [-0.4, -0.2) is 69.4 Å². The molecule has 0 unspecified atom stereocenters. The summed E-state index contributed by atoms with van der Waals surface area (Å²) in [4.78, 5) is 0. The zero-order valence-corrected chi connectivity index (χ0v) is 3.60. The van der Waals surface area contributed by atoms with Crippen molar-refractivity contribution in [2.75, 3.05) is 0 Å². The minimum absolute atomic E-state index is 0. The molecule has 0 atom stereocenters. The molecule has 0 bridgehead atoms. The molecule has 0 saturated heterocycles. The van der Waals surface area contributed by atoms with E-state index in [1.807, 2.05) is 13.9 Å². The van der Waals surface area contributed by atoms with E-state index in [0.29, 0.717) is 0 Å². The summed E-state index contributed by atoms with van der Waals surface area (Å²) < 4.78 is 0. The summed E-state index contributed by atoms with van der Waals surface area (Å²) in [6.45, 7) is 0. The first kappa shape index (κ1) is 7.91. The van der Waals surface area contributed by atoms with Crippen molar-refractivity contribution in [3.63, 3.8) is 0 Å². The normalized spacial score (nSPS) is 7.43. The van der Waals surface area contributed by atoms with Crippen LogP contribution in [-0.2, 0) is 0 Å². The summed E-state index contributed by atoms with van der Waals surface area (Å²) in [5.41, 5.74) is 1.04. The second-order valence-corrected chi connectivity index (χ2v) is 1.22. The Labute approximate surface area is 85.9 Å². The van der Waals surface area contributed by atoms with Crippen LogP contribution in [0.25, 0.3) is 0 Å². The molecule has 0 aliphatic carbocycles. The fourth-order valence-corrected chi connectivity index (χ4v) is 0.334. The third-order valence-electron chi connectivity index (χ3n) is 0.640. The molecule has 1 rings (SSSR count). The van der Waals surface area contributed by atoms with Gasteiger partial charge in [0.25, 0.3) is 0 Å². The van der Waals surface area contributed by atoms with Crippen LogP contribution in [0.15, 0.2) is 12.3 Å². The summed E-state index contributed by atoms with van der Waals surface area (Å²) in [5, 5.41) is 6.47. The van der Waals surface area contributed by atoms with Crippen molar-refractivity contribution in [3.8, 4) is 0 Å². The summed E-state index contributed by atoms with van der Waals surface area (Å²) in [6.07, 6.45) is 1.80. The Morgan fingerprint density at radius 1 is 1.71 bits per heavy atom. The molecule has 0 amide bonds. The Morgan fingerprint density at radius 2 is 2.43 bits per heavy atom. The Bertz CT molecular complexity index is 116. The molecular weight excluding hydrogens is 114 g/mol. The van der Waals surface area contributed by atoms with Crippen LogP contribution in [0.1, 0.15) is 0 Å². The number of hydrogen-bond donors (Lipinski definition) is 1. The topological polar surface area (TPSA) is 28.7 Å². The molecule has 1 aromatic rings. The zero-order valence-electron chi connectivity index (χ0n) is 3.60. The SMILES string of the molecule is Bc1cc[nH]n1.[KH]. The van der Waals surface area contributed by atoms with E-state index < -0.39 is 0 Å². The number of nitrogens with zero attached hydrogens (tertiary/aromatic N) is 1. The van der Waals surface area contributed by atoms with E-state index in [-0.39, 0.29) is 51.4 Å². The molecule has 0 aliphatic heterocycles. The first-order valence-electron chi connectivity index (χ1n) is 1.86. The van der Waals surface area contributed by atoms with Crippen molar-refractivity contribution in [3.05, 3.63) is 12.3 Å². The number of aromatic nitrogens is 2. The molecule has 1 aromatic heterocycles. The summed E-state index contributed by atoms with van der Waals surface area (Å²) in [5.74, 6) is 0. The fraction of sp³-hybridized carbons (Fsp3) is 0. The predicted molar refractivity (Wildman–Crippen MR) is 33.9 cm³/mol. The molecule has 0 spiro atoms. The van der Waals surface area contributed by atoms with E-state index in [9.17, 15) is 0 Å². The molecule has 4 heteroatoms. The quantitative estimate of drug-likeness (QED) is 0.395. The molecule has 7 heavy (non-hydrogen) atoms. The molecule has 0 fully saturated rings. The molecule has 0 aliphatic rings. The molecular formula is C3H6BKN2. The van der Waals surface area contributed by atoms with Gasteiger partial charge in [0.2, 0.25) is 0 Å². The molecule has 32 valence electrons. The number of nitrogens with one attached hydrogen (secondary N) is 1. The molecule has 1 N–H and O–H groups in total. The van der Waals surface area contributed by atoms with E-state index in [0.717, 1.165) is 5.59 Å². The fourth-order valence-electron chi connectivity index (χ4n) is 0.334. The van der Waals surface area contributed by atoms with Gasteiger partial charge in [0.15, 0.2) is 7.85 Å². The van der Waals surface area contributed by atoms with Crippen LogP contribution >= 0.6 is 0 Å². The Hall–Kier alpha value is 0.911. The van der Waals surface area contributed by atoms with Crippen LogP contribution in [0.5, 0.6) is 0 Å². The van der Waals surface area contributed by atoms with Crippen molar-refractivity contribution in [1.82, 2.24) is 10.2 Å². The first-order chi connectivity index (χ1) is 2.89. The molecule has 2 nitrogen and oxygen atoms in total. The van der Waals surface area contributed by atoms with Gasteiger partial charge in [-0.2, -0.15) is 5.10 Å². The van der Waals surface area contributed by atoms with Gasteiger partial charge < -0.3 is 0 Å². The van der Waals surface area contributed by atoms with Crippen molar-refractivity contribution < 1.29 is 0 Å². The second-order valence-electron chi connectivity index (χ2n) is 1.22. The van der Waals surface area contributed by atoms with Crippen molar-refractivity contribution >= 4 is 64.8 Å². The van der Waals surface area contributed by atoms with Crippen LogP contribution in [0.4, 0.5) is 0 Å². The van der Waals surface area contributed by atoms with Crippen LogP contribution < -0.4 is 5.59 Å². The number of rotatable bonds is 0. The average Bonchev–Trinajstić information content (AvgIpc) is 1.86. The summed E-state index contributed by atoms with van der Waals surface area (Å²) in [7, 11) is 1.94. The molecule has 0 radical (unpaired) electrons. The van der Waals surface area contributed by atoms with Gasteiger partial charge in [-0.25, -0.2) is 0 Å². The molecule has 0 saturated carbocycles. The van der Waals surface area contributed by atoms with Crippen LogP contribution in [0.3, 0.4) is 0 Å². The van der Waals surface area contributed by atoms with Gasteiger partial charge in [0.1, 0.15) is 0 Å². The van der Waals surface area contributed by atoms with Gasteiger partial charge in [-0.05, 0) is 6.07 Å². The van der Waals surface area contributed by atoms with Gasteiger partial charge in [0.05, 0.1) is 0 Å². The molecule has 1 heterocycles. The van der Waals surface area contributed by atoms with Crippen LogP contribution in [0.2, 0.25) is 0 Å². The Morgan fingerprint density at radius 3 is 2.57 bits per heavy atom. The van der Waals surface area contributed by atoms with Gasteiger partial charge in [0, 0.05) is 11.8 Å². The van der Waals surface area contributed by atoms with Gasteiger partial charge in [-0.3, -0.25) is 5.10 Å². The third-order valence-corrected chi connectivity index (χ3v) is 0.640. The van der Waals surface area contributed by atoms with Gasteiger partial charge in [-0.15, -0.1) is 0 Å². The van der Waals surface area contributed by atoms with E-state index >= 15 is 0 Å². The summed E-state index contributed by atoms with van der Waals surface area (Å²) >= 11 is 0. The second kappa shape index (κ2) is 3.86. The minimum atomic E-state index is 0. The predicted octanol–water partition coefficient (Wildman–Crippen LogP) is -1.98. The monoisotopic (exact) mass is 120 g/mol. The third kappa shape index (κ3) is 2.66. The number of aromatic amines is 1. The standard InChI is InChI=1S/C3H5BN2.K.H/c4-3-1-2-5-6-3;;/h1-2H,4H2,(H,5,6);;. The van der Waals surface area contributed by atoms with E-state index in [4.69, 9.17) is 0 Å². The van der Waals surface area contributed by atoms with E-state index in [1.165, 1.54) is 0 Å². The Balaban J connectivity index is 0.000000360. The van der Waals surface area contributed by atoms with Gasteiger partial charge in [-0.1, -0.05) is 0 Å². The molecule has 0 aromatic carbocycles.